The zero-order valence-corrected chi connectivity index (χ0v) is 13.5. The van der Waals surface area contributed by atoms with E-state index < -0.39 is 0 Å². The number of hydrogen-bond donors (Lipinski definition) is 0. The van der Waals surface area contributed by atoms with Gasteiger partial charge in [-0.15, -0.1) is 0 Å². The number of hydrogen-bond acceptors (Lipinski definition) is 2. The minimum Gasteiger partial charge on any atom is -0.297 e. The molecule has 1 aliphatic heterocycles. The van der Waals surface area contributed by atoms with Gasteiger partial charge in [0.1, 0.15) is 0 Å². The fourth-order valence-corrected chi connectivity index (χ4v) is 3.46. The van der Waals surface area contributed by atoms with Crippen LogP contribution in [0.15, 0.2) is 18.2 Å². The maximum atomic E-state index is 12.3. The largest absolute Gasteiger partial charge is 0.297 e. The second-order valence-electron chi connectivity index (χ2n) is 5.50. The lowest BCUT2D eigenvalue weighted by Gasteiger charge is -2.27. The SMILES string of the molecule is CCC1CCC(C)N1CCC(=O)c1cccc(Cl)c1Cl. The van der Waals surface area contributed by atoms with Crippen molar-refractivity contribution in [2.75, 3.05) is 6.54 Å². The molecule has 110 valence electrons. The standard InChI is InChI=1S/C16H21Cl2NO/c1-3-12-8-7-11(2)19(12)10-9-15(20)13-5-4-6-14(17)16(13)18/h4-6,11-12H,3,7-10H2,1-2H3. The van der Waals surface area contributed by atoms with E-state index in [9.17, 15) is 4.79 Å². The van der Waals surface area contributed by atoms with E-state index in [2.05, 4.69) is 18.7 Å². The molecule has 0 bridgehead atoms. The first-order chi connectivity index (χ1) is 9.54. The van der Waals surface area contributed by atoms with Gasteiger partial charge in [0.25, 0.3) is 0 Å². The number of benzene rings is 1. The zero-order chi connectivity index (χ0) is 14.7. The Morgan fingerprint density at radius 1 is 1.35 bits per heavy atom. The molecule has 0 saturated carbocycles. The molecule has 0 aromatic heterocycles. The molecule has 1 fully saturated rings. The summed E-state index contributed by atoms with van der Waals surface area (Å²) in [5, 5.41) is 0.819. The number of carbonyl (C=O) groups is 1. The molecular formula is C16H21Cl2NO. The van der Waals surface area contributed by atoms with Crippen LogP contribution in [0.1, 0.15) is 49.9 Å². The zero-order valence-electron chi connectivity index (χ0n) is 12.0. The van der Waals surface area contributed by atoms with E-state index in [1.807, 2.05) is 0 Å². The van der Waals surface area contributed by atoms with Crippen LogP contribution in [0.3, 0.4) is 0 Å². The normalized spacial score (nSPS) is 23.2. The summed E-state index contributed by atoms with van der Waals surface area (Å²) in [4.78, 5) is 14.8. The maximum absolute atomic E-state index is 12.3. The van der Waals surface area contributed by atoms with Gasteiger partial charge in [-0.25, -0.2) is 0 Å². The summed E-state index contributed by atoms with van der Waals surface area (Å²) in [6.07, 6.45) is 4.12. The lowest BCUT2D eigenvalue weighted by atomic mass is 10.1. The molecule has 1 saturated heterocycles. The van der Waals surface area contributed by atoms with E-state index >= 15 is 0 Å². The third-order valence-electron chi connectivity index (χ3n) is 4.27. The number of Topliss-reactive ketones (excluding diaryl/α,β-unsaturated/α-hetero) is 1. The molecule has 2 atom stereocenters. The fraction of sp³-hybridized carbons (Fsp3) is 0.562. The summed E-state index contributed by atoms with van der Waals surface area (Å²) in [6.45, 7) is 5.26. The van der Waals surface area contributed by atoms with Crippen LogP contribution in [-0.4, -0.2) is 29.3 Å². The first-order valence-electron chi connectivity index (χ1n) is 7.27. The van der Waals surface area contributed by atoms with Crippen LogP contribution in [0.4, 0.5) is 0 Å². The molecular weight excluding hydrogens is 293 g/mol. The third-order valence-corrected chi connectivity index (χ3v) is 5.09. The van der Waals surface area contributed by atoms with E-state index in [1.165, 1.54) is 12.8 Å². The number of likely N-dealkylation sites (tertiary alicyclic amines) is 1. The van der Waals surface area contributed by atoms with E-state index in [4.69, 9.17) is 23.2 Å². The number of rotatable bonds is 5. The van der Waals surface area contributed by atoms with Gasteiger partial charge in [-0.2, -0.15) is 0 Å². The Hall–Kier alpha value is -0.570. The van der Waals surface area contributed by atoms with Crippen molar-refractivity contribution in [1.82, 2.24) is 4.90 Å². The van der Waals surface area contributed by atoms with Crippen molar-refractivity contribution in [3.8, 4) is 0 Å². The van der Waals surface area contributed by atoms with Crippen molar-refractivity contribution < 1.29 is 4.79 Å². The first-order valence-corrected chi connectivity index (χ1v) is 8.03. The Morgan fingerprint density at radius 3 is 2.80 bits per heavy atom. The lowest BCUT2D eigenvalue weighted by molar-refractivity contribution is 0.0949. The minimum atomic E-state index is 0.0754. The van der Waals surface area contributed by atoms with Crippen LogP contribution in [0, 0.1) is 0 Å². The maximum Gasteiger partial charge on any atom is 0.165 e. The van der Waals surface area contributed by atoms with Crippen molar-refractivity contribution in [1.29, 1.82) is 0 Å². The number of halogens is 2. The van der Waals surface area contributed by atoms with Gasteiger partial charge in [-0.05, 0) is 38.3 Å². The molecule has 20 heavy (non-hydrogen) atoms. The second kappa shape index (κ2) is 6.93. The highest BCUT2D eigenvalue weighted by Gasteiger charge is 2.29. The van der Waals surface area contributed by atoms with Gasteiger partial charge in [0, 0.05) is 30.6 Å². The number of ketones is 1. The molecule has 0 radical (unpaired) electrons. The van der Waals surface area contributed by atoms with E-state index in [0.29, 0.717) is 34.1 Å². The van der Waals surface area contributed by atoms with Crippen LogP contribution in [0.25, 0.3) is 0 Å². The molecule has 1 aromatic rings. The molecule has 1 aliphatic rings. The molecule has 4 heteroatoms. The molecule has 1 aromatic carbocycles. The topological polar surface area (TPSA) is 20.3 Å². The van der Waals surface area contributed by atoms with Gasteiger partial charge in [0.15, 0.2) is 5.78 Å². The highest BCUT2D eigenvalue weighted by Crippen LogP contribution is 2.28. The van der Waals surface area contributed by atoms with Gasteiger partial charge in [-0.1, -0.05) is 36.2 Å². The van der Waals surface area contributed by atoms with Gasteiger partial charge < -0.3 is 0 Å². The lowest BCUT2D eigenvalue weighted by Crippen LogP contribution is -2.35. The molecule has 1 heterocycles. The van der Waals surface area contributed by atoms with Crippen LogP contribution in [-0.2, 0) is 0 Å². The predicted octanol–water partition coefficient (Wildman–Crippen LogP) is 4.83. The molecule has 0 amide bonds. The Bertz CT molecular complexity index is 489. The molecule has 2 nitrogen and oxygen atoms in total. The monoisotopic (exact) mass is 313 g/mol. The Kier molecular flexibility index (Phi) is 5.48. The summed E-state index contributed by atoms with van der Waals surface area (Å²) in [7, 11) is 0. The molecule has 2 unspecified atom stereocenters. The van der Waals surface area contributed by atoms with Crippen molar-refractivity contribution >= 4 is 29.0 Å². The molecule has 0 aliphatic carbocycles. The van der Waals surface area contributed by atoms with Crippen LogP contribution < -0.4 is 0 Å². The minimum absolute atomic E-state index is 0.0754. The van der Waals surface area contributed by atoms with Gasteiger partial charge in [0.2, 0.25) is 0 Å². The Balaban J connectivity index is 2.00. The second-order valence-corrected chi connectivity index (χ2v) is 6.29. The highest BCUT2D eigenvalue weighted by molar-refractivity contribution is 6.43. The van der Waals surface area contributed by atoms with Crippen LogP contribution >= 0.6 is 23.2 Å². The van der Waals surface area contributed by atoms with Gasteiger partial charge >= 0.3 is 0 Å². The summed E-state index contributed by atoms with van der Waals surface area (Å²) < 4.78 is 0. The summed E-state index contributed by atoms with van der Waals surface area (Å²) >= 11 is 12.1. The molecule has 0 spiro atoms. The van der Waals surface area contributed by atoms with Crippen molar-refractivity contribution in [3.05, 3.63) is 33.8 Å². The number of carbonyl (C=O) groups excluding carboxylic acids is 1. The fourth-order valence-electron chi connectivity index (χ4n) is 3.05. The predicted molar refractivity (Wildman–Crippen MR) is 84.9 cm³/mol. The van der Waals surface area contributed by atoms with E-state index in [-0.39, 0.29) is 5.78 Å². The third kappa shape index (κ3) is 3.36. The summed E-state index contributed by atoms with van der Waals surface area (Å²) in [5.74, 6) is 0.0754. The van der Waals surface area contributed by atoms with Crippen molar-refractivity contribution in [3.63, 3.8) is 0 Å². The van der Waals surface area contributed by atoms with Crippen LogP contribution in [0.5, 0.6) is 0 Å². The summed E-state index contributed by atoms with van der Waals surface area (Å²) in [6, 6.07) is 6.42. The highest BCUT2D eigenvalue weighted by atomic mass is 35.5. The Labute approximate surface area is 131 Å². The first kappa shape index (κ1) is 15.8. The van der Waals surface area contributed by atoms with E-state index in [1.54, 1.807) is 18.2 Å². The molecule has 0 N–H and O–H groups in total. The van der Waals surface area contributed by atoms with Crippen molar-refractivity contribution in [2.24, 2.45) is 0 Å². The van der Waals surface area contributed by atoms with Crippen LogP contribution in [0.2, 0.25) is 10.0 Å². The van der Waals surface area contributed by atoms with Crippen molar-refractivity contribution in [2.45, 2.75) is 51.6 Å². The average Bonchev–Trinajstić information content (AvgIpc) is 2.79. The van der Waals surface area contributed by atoms with Gasteiger partial charge in [-0.3, -0.25) is 9.69 Å². The summed E-state index contributed by atoms with van der Waals surface area (Å²) in [5.41, 5.74) is 0.541. The Morgan fingerprint density at radius 2 is 2.10 bits per heavy atom. The quantitative estimate of drug-likeness (QED) is 0.726. The number of nitrogens with zero attached hydrogens (tertiary/aromatic N) is 1. The molecule has 2 rings (SSSR count). The van der Waals surface area contributed by atoms with E-state index in [0.717, 1.165) is 13.0 Å². The average molecular weight is 314 g/mol. The van der Waals surface area contributed by atoms with Gasteiger partial charge in [0.05, 0.1) is 10.0 Å². The smallest absolute Gasteiger partial charge is 0.165 e.